The van der Waals surface area contributed by atoms with E-state index in [2.05, 4.69) is 15.8 Å². The Hall–Kier alpha value is -3.39. The number of carboxylic acid groups (broad SMARTS) is 1. The summed E-state index contributed by atoms with van der Waals surface area (Å²) < 4.78 is 5.41. The van der Waals surface area contributed by atoms with Crippen LogP contribution in [-0.4, -0.2) is 34.0 Å². The fourth-order valence-electron chi connectivity index (χ4n) is 3.25. The summed E-state index contributed by atoms with van der Waals surface area (Å²) in [5, 5.41) is 29.7. The molecule has 0 bridgehead atoms. The van der Waals surface area contributed by atoms with E-state index in [1.807, 2.05) is 60.7 Å². The summed E-state index contributed by atoms with van der Waals surface area (Å²) >= 11 is 6.66. The van der Waals surface area contributed by atoms with Crippen LogP contribution in [0, 0.1) is 0 Å². The molecule has 158 valence electrons. The SMILES string of the molecule is O=C(O)[C@H](CO)NCc1ccc2onc(Nc3cccc(-c4ccccc4)c3Cl)c2c1. The van der Waals surface area contributed by atoms with E-state index in [1.54, 1.807) is 6.07 Å². The molecule has 4 N–H and O–H groups in total. The first kappa shape index (κ1) is 20.9. The average molecular weight is 438 g/mol. The highest BCUT2D eigenvalue weighted by molar-refractivity contribution is 6.36. The molecule has 0 saturated heterocycles. The zero-order valence-corrected chi connectivity index (χ0v) is 17.1. The van der Waals surface area contributed by atoms with Gasteiger partial charge in [0.1, 0.15) is 6.04 Å². The first-order chi connectivity index (χ1) is 15.1. The maximum atomic E-state index is 11.1. The molecule has 0 aliphatic carbocycles. The normalized spacial score (nSPS) is 12.1. The number of carboxylic acids is 1. The number of nitrogens with zero attached hydrogens (tertiary/aromatic N) is 1. The van der Waals surface area contributed by atoms with Gasteiger partial charge in [-0.2, -0.15) is 0 Å². The number of aliphatic hydroxyl groups excluding tert-OH is 1. The molecule has 31 heavy (non-hydrogen) atoms. The van der Waals surface area contributed by atoms with Gasteiger partial charge in [-0.05, 0) is 29.3 Å². The van der Waals surface area contributed by atoms with Gasteiger partial charge in [0.05, 0.1) is 22.7 Å². The van der Waals surface area contributed by atoms with Gasteiger partial charge in [-0.3, -0.25) is 10.1 Å². The molecule has 0 amide bonds. The molecule has 0 fully saturated rings. The molecule has 4 rings (SSSR count). The zero-order chi connectivity index (χ0) is 21.8. The van der Waals surface area contributed by atoms with E-state index >= 15 is 0 Å². The molecule has 1 atom stereocenters. The number of halogens is 1. The Morgan fingerprint density at radius 2 is 1.90 bits per heavy atom. The van der Waals surface area contributed by atoms with Crippen molar-refractivity contribution in [2.45, 2.75) is 12.6 Å². The van der Waals surface area contributed by atoms with E-state index in [0.717, 1.165) is 22.1 Å². The standard InChI is InChI=1S/C23H20ClN3O4/c24-21-16(15-5-2-1-3-6-15)7-4-8-18(21)26-22-17-11-14(9-10-20(17)31-27-22)12-25-19(13-28)23(29)30/h1-11,19,25,28H,12-13H2,(H,26,27)(H,29,30)/t19-/m0/s1. The quantitative estimate of drug-likeness (QED) is 0.323. The number of aliphatic hydroxyl groups is 1. The molecule has 0 saturated carbocycles. The highest BCUT2D eigenvalue weighted by Gasteiger charge is 2.16. The van der Waals surface area contributed by atoms with Crippen LogP contribution < -0.4 is 10.6 Å². The minimum Gasteiger partial charge on any atom is -0.480 e. The van der Waals surface area contributed by atoms with E-state index in [4.69, 9.17) is 26.3 Å². The van der Waals surface area contributed by atoms with Crippen LogP contribution in [0.2, 0.25) is 5.02 Å². The van der Waals surface area contributed by atoms with Gasteiger partial charge < -0.3 is 20.1 Å². The molecule has 0 aliphatic rings. The van der Waals surface area contributed by atoms with Crippen molar-refractivity contribution in [2.24, 2.45) is 0 Å². The van der Waals surface area contributed by atoms with Crippen LogP contribution in [0.15, 0.2) is 71.3 Å². The zero-order valence-electron chi connectivity index (χ0n) is 16.4. The Kier molecular flexibility index (Phi) is 6.18. The minimum absolute atomic E-state index is 0.266. The summed E-state index contributed by atoms with van der Waals surface area (Å²) in [5.41, 5.74) is 3.99. The van der Waals surface area contributed by atoms with Crippen molar-refractivity contribution in [3.63, 3.8) is 0 Å². The van der Waals surface area contributed by atoms with Gasteiger partial charge in [-0.15, -0.1) is 0 Å². The first-order valence-corrected chi connectivity index (χ1v) is 10.0. The maximum Gasteiger partial charge on any atom is 0.323 e. The lowest BCUT2D eigenvalue weighted by atomic mass is 10.0. The summed E-state index contributed by atoms with van der Waals surface area (Å²) in [5.74, 6) is -0.607. The molecule has 1 aromatic heterocycles. The number of aromatic nitrogens is 1. The van der Waals surface area contributed by atoms with Crippen LogP contribution in [0.5, 0.6) is 0 Å². The predicted octanol–water partition coefficient (Wildman–Crippen LogP) is 4.43. The van der Waals surface area contributed by atoms with Crippen molar-refractivity contribution >= 4 is 40.0 Å². The van der Waals surface area contributed by atoms with E-state index in [-0.39, 0.29) is 6.54 Å². The molecule has 4 aromatic rings. The first-order valence-electron chi connectivity index (χ1n) is 9.63. The van der Waals surface area contributed by atoms with Gasteiger partial charge in [-0.1, -0.05) is 65.3 Å². The molecular weight excluding hydrogens is 418 g/mol. The molecule has 7 nitrogen and oxygen atoms in total. The Bertz CT molecular complexity index is 1210. The predicted molar refractivity (Wildman–Crippen MR) is 120 cm³/mol. The summed E-state index contributed by atoms with van der Waals surface area (Å²) in [7, 11) is 0. The number of benzene rings is 3. The average Bonchev–Trinajstić information content (AvgIpc) is 3.18. The summed E-state index contributed by atoms with van der Waals surface area (Å²) in [6.07, 6.45) is 0. The number of carbonyl (C=O) groups is 1. The summed E-state index contributed by atoms with van der Waals surface area (Å²) in [6.45, 7) is -0.226. The van der Waals surface area contributed by atoms with Gasteiger partial charge >= 0.3 is 5.97 Å². The van der Waals surface area contributed by atoms with E-state index in [0.29, 0.717) is 22.1 Å². The molecule has 0 spiro atoms. The molecule has 0 aliphatic heterocycles. The van der Waals surface area contributed by atoms with Crippen LogP contribution >= 0.6 is 11.6 Å². The van der Waals surface area contributed by atoms with Gasteiger partial charge in [-0.25, -0.2) is 0 Å². The third kappa shape index (κ3) is 4.54. The molecular formula is C23H20ClN3O4. The van der Waals surface area contributed by atoms with E-state index in [1.165, 1.54) is 0 Å². The van der Waals surface area contributed by atoms with Crippen molar-refractivity contribution in [3.05, 3.63) is 77.3 Å². The molecule has 1 heterocycles. The van der Waals surface area contributed by atoms with Crippen molar-refractivity contribution in [2.75, 3.05) is 11.9 Å². The Morgan fingerprint density at radius 1 is 1.10 bits per heavy atom. The van der Waals surface area contributed by atoms with Crippen LogP contribution in [-0.2, 0) is 11.3 Å². The fraction of sp³-hybridized carbons (Fsp3) is 0.130. The van der Waals surface area contributed by atoms with Crippen molar-refractivity contribution in [1.82, 2.24) is 10.5 Å². The largest absolute Gasteiger partial charge is 0.480 e. The lowest BCUT2D eigenvalue weighted by molar-refractivity contribution is -0.140. The Balaban J connectivity index is 1.60. The van der Waals surface area contributed by atoms with Gasteiger partial charge in [0.2, 0.25) is 0 Å². The Morgan fingerprint density at radius 3 is 2.65 bits per heavy atom. The number of aliphatic carboxylic acids is 1. The van der Waals surface area contributed by atoms with Crippen molar-refractivity contribution in [1.29, 1.82) is 0 Å². The number of hydrogen-bond donors (Lipinski definition) is 4. The number of fused-ring (bicyclic) bond motifs is 1. The third-order valence-electron chi connectivity index (χ3n) is 4.90. The topological polar surface area (TPSA) is 108 Å². The maximum absolute atomic E-state index is 11.1. The smallest absolute Gasteiger partial charge is 0.323 e. The molecule has 8 heteroatoms. The number of rotatable bonds is 8. The van der Waals surface area contributed by atoms with Gasteiger partial charge in [0.15, 0.2) is 11.4 Å². The second-order valence-electron chi connectivity index (χ2n) is 6.97. The van der Waals surface area contributed by atoms with E-state index < -0.39 is 18.6 Å². The third-order valence-corrected chi connectivity index (χ3v) is 5.31. The van der Waals surface area contributed by atoms with Crippen LogP contribution in [0.3, 0.4) is 0 Å². The number of nitrogens with one attached hydrogen (secondary N) is 2. The second kappa shape index (κ2) is 9.18. The lowest BCUT2D eigenvalue weighted by Crippen LogP contribution is -2.39. The molecule has 0 radical (unpaired) electrons. The minimum atomic E-state index is -1.11. The van der Waals surface area contributed by atoms with Crippen LogP contribution in [0.4, 0.5) is 11.5 Å². The second-order valence-corrected chi connectivity index (χ2v) is 7.35. The summed E-state index contributed by atoms with van der Waals surface area (Å²) in [6, 6.07) is 20.0. The van der Waals surface area contributed by atoms with Crippen LogP contribution in [0.25, 0.3) is 22.1 Å². The lowest BCUT2D eigenvalue weighted by Gasteiger charge is -2.12. The van der Waals surface area contributed by atoms with Gasteiger partial charge in [0, 0.05) is 12.1 Å². The molecule has 3 aromatic carbocycles. The summed E-state index contributed by atoms with van der Waals surface area (Å²) in [4.78, 5) is 11.1. The number of anilines is 2. The number of hydrogen-bond acceptors (Lipinski definition) is 6. The molecule has 0 unspecified atom stereocenters. The van der Waals surface area contributed by atoms with Crippen LogP contribution in [0.1, 0.15) is 5.56 Å². The van der Waals surface area contributed by atoms with E-state index in [9.17, 15) is 4.79 Å². The fourth-order valence-corrected chi connectivity index (χ4v) is 3.54. The van der Waals surface area contributed by atoms with Gasteiger partial charge in [0.25, 0.3) is 0 Å². The van der Waals surface area contributed by atoms with Crippen molar-refractivity contribution in [3.8, 4) is 11.1 Å². The Labute approximate surface area is 183 Å². The van der Waals surface area contributed by atoms with Crippen molar-refractivity contribution < 1.29 is 19.5 Å². The monoisotopic (exact) mass is 437 g/mol. The highest BCUT2D eigenvalue weighted by Crippen LogP contribution is 2.36. The highest BCUT2D eigenvalue weighted by atomic mass is 35.5.